The maximum Gasteiger partial charge on any atom is 0.142 e. The molecule has 0 amide bonds. The average molecular weight is 330 g/mol. The molecule has 0 N–H and O–H groups in total. The lowest BCUT2D eigenvalue weighted by Gasteiger charge is -2.10. The molecule has 4 heteroatoms. The predicted molar refractivity (Wildman–Crippen MR) is 95.2 cm³/mol. The van der Waals surface area contributed by atoms with E-state index in [1.807, 2.05) is 50.2 Å². The molecule has 0 saturated heterocycles. The van der Waals surface area contributed by atoms with Crippen molar-refractivity contribution in [1.82, 2.24) is 0 Å². The van der Waals surface area contributed by atoms with Crippen LogP contribution in [0.1, 0.15) is 25.0 Å². The Bertz CT molecular complexity index is 722. The van der Waals surface area contributed by atoms with Crippen LogP contribution < -0.4 is 4.74 Å². The van der Waals surface area contributed by atoms with E-state index in [4.69, 9.17) is 4.74 Å². The van der Waals surface area contributed by atoms with Crippen LogP contribution in [0, 0.1) is 6.92 Å². The first-order valence-electron chi connectivity index (χ1n) is 7.66. The molecule has 0 fully saturated rings. The number of benzene rings is 2. The lowest BCUT2D eigenvalue weighted by atomic mass is 10.0. The molecule has 0 aromatic heterocycles. The number of hydrogen-bond donors (Lipinski definition) is 0. The molecular weight excluding hydrogens is 308 g/mol. The molecule has 2 aromatic rings. The highest BCUT2D eigenvalue weighted by Gasteiger charge is 2.08. The second-order valence-electron chi connectivity index (χ2n) is 5.54. The summed E-state index contributed by atoms with van der Waals surface area (Å²) in [6.45, 7) is 6.09. The highest BCUT2D eigenvalue weighted by atomic mass is 32.2. The van der Waals surface area contributed by atoms with Crippen LogP contribution in [-0.4, -0.2) is 22.4 Å². The molecule has 23 heavy (non-hydrogen) atoms. The lowest BCUT2D eigenvalue weighted by molar-refractivity contribution is -0.114. The molecule has 0 aliphatic heterocycles. The Balaban J connectivity index is 2.24. The quantitative estimate of drug-likeness (QED) is 0.773. The highest BCUT2D eigenvalue weighted by Crippen LogP contribution is 2.27. The highest BCUT2D eigenvalue weighted by molar-refractivity contribution is 7.84. The van der Waals surface area contributed by atoms with Crippen LogP contribution in [0.2, 0.25) is 0 Å². The van der Waals surface area contributed by atoms with E-state index in [2.05, 4.69) is 6.07 Å². The summed E-state index contributed by atoms with van der Waals surface area (Å²) >= 11 is 0. The summed E-state index contributed by atoms with van der Waals surface area (Å²) in [6.07, 6.45) is 0. The van der Waals surface area contributed by atoms with Gasteiger partial charge >= 0.3 is 0 Å². The predicted octanol–water partition coefficient (Wildman–Crippen LogP) is 3.90. The number of ether oxygens (including phenoxy) is 1. The Labute approximate surface area is 140 Å². The van der Waals surface area contributed by atoms with Crippen molar-refractivity contribution in [3.05, 3.63) is 53.6 Å². The smallest absolute Gasteiger partial charge is 0.142 e. The number of hydrogen-bond acceptors (Lipinski definition) is 3. The SMILES string of the molecule is CCOc1cc(-c2cccc(CS(=O)CC(C)=O)c2)ccc1C. The summed E-state index contributed by atoms with van der Waals surface area (Å²) in [4.78, 5) is 11.1. The van der Waals surface area contributed by atoms with E-state index >= 15 is 0 Å². The molecule has 1 atom stereocenters. The molecule has 0 aliphatic rings. The minimum atomic E-state index is -1.15. The third kappa shape index (κ3) is 5.03. The summed E-state index contributed by atoms with van der Waals surface area (Å²) in [5.74, 6) is 1.36. The largest absolute Gasteiger partial charge is 0.494 e. The van der Waals surface area contributed by atoms with Gasteiger partial charge < -0.3 is 4.74 Å². The normalized spacial score (nSPS) is 12.0. The fourth-order valence-electron chi connectivity index (χ4n) is 2.39. The maximum absolute atomic E-state index is 11.9. The van der Waals surface area contributed by atoms with Crippen LogP contribution in [-0.2, 0) is 21.3 Å². The number of carbonyl (C=O) groups excluding carboxylic acids is 1. The molecular formula is C19H22O3S. The van der Waals surface area contributed by atoms with Gasteiger partial charge in [0.25, 0.3) is 0 Å². The van der Waals surface area contributed by atoms with Crippen LogP contribution in [0.5, 0.6) is 5.75 Å². The first-order valence-corrected chi connectivity index (χ1v) is 9.15. The van der Waals surface area contributed by atoms with Gasteiger partial charge in [-0.3, -0.25) is 9.00 Å². The van der Waals surface area contributed by atoms with Gasteiger partial charge in [-0.15, -0.1) is 0 Å². The van der Waals surface area contributed by atoms with Gasteiger partial charge in [0.1, 0.15) is 11.5 Å². The summed E-state index contributed by atoms with van der Waals surface area (Å²) < 4.78 is 17.6. The Morgan fingerprint density at radius 2 is 1.87 bits per heavy atom. The number of aryl methyl sites for hydroxylation is 1. The number of rotatable bonds is 7. The van der Waals surface area contributed by atoms with Crippen molar-refractivity contribution in [2.75, 3.05) is 12.4 Å². The fraction of sp³-hybridized carbons (Fsp3) is 0.316. The fourth-order valence-corrected chi connectivity index (χ4v) is 3.50. The van der Waals surface area contributed by atoms with Crippen molar-refractivity contribution in [2.24, 2.45) is 0 Å². The van der Waals surface area contributed by atoms with Gasteiger partial charge in [-0.05, 0) is 49.1 Å². The van der Waals surface area contributed by atoms with Crippen molar-refractivity contribution in [1.29, 1.82) is 0 Å². The van der Waals surface area contributed by atoms with E-state index in [1.165, 1.54) is 6.92 Å². The zero-order valence-corrected chi connectivity index (χ0v) is 14.6. The standard InChI is InChI=1S/C19H22O3S/c1-4-22-19-11-18(9-8-14(19)2)17-7-5-6-16(10-17)13-23(21)12-15(3)20/h5-11H,4,12-13H2,1-3H3. The second-order valence-corrected chi connectivity index (χ2v) is 7.00. The van der Waals surface area contributed by atoms with Crippen LogP contribution in [0.15, 0.2) is 42.5 Å². The minimum Gasteiger partial charge on any atom is -0.494 e. The van der Waals surface area contributed by atoms with E-state index in [9.17, 15) is 9.00 Å². The summed E-state index contributed by atoms with van der Waals surface area (Å²) in [5, 5.41) is 0. The minimum absolute atomic E-state index is 0.0422. The van der Waals surface area contributed by atoms with Gasteiger partial charge in [-0.2, -0.15) is 0 Å². The Morgan fingerprint density at radius 3 is 2.57 bits per heavy atom. The van der Waals surface area contributed by atoms with E-state index in [-0.39, 0.29) is 11.5 Å². The van der Waals surface area contributed by atoms with Gasteiger partial charge in [-0.25, -0.2) is 0 Å². The molecule has 0 spiro atoms. The molecule has 0 saturated carbocycles. The first-order chi connectivity index (χ1) is 11.0. The van der Waals surface area contributed by atoms with Gasteiger partial charge in [0, 0.05) is 16.6 Å². The van der Waals surface area contributed by atoms with Crippen LogP contribution in [0.3, 0.4) is 0 Å². The molecule has 0 bridgehead atoms. The van der Waals surface area contributed by atoms with Gasteiger partial charge in [-0.1, -0.05) is 36.4 Å². The second kappa shape index (κ2) is 8.06. The first kappa shape index (κ1) is 17.4. The Hall–Kier alpha value is -1.94. The molecule has 0 aliphatic carbocycles. The molecule has 1 unspecified atom stereocenters. The summed E-state index contributed by atoms with van der Waals surface area (Å²) in [6, 6.07) is 14.1. The van der Waals surface area contributed by atoms with E-state index < -0.39 is 10.8 Å². The Morgan fingerprint density at radius 1 is 1.13 bits per heavy atom. The molecule has 0 heterocycles. The third-order valence-corrected chi connectivity index (χ3v) is 4.82. The van der Waals surface area contributed by atoms with E-state index in [0.717, 1.165) is 28.0 Å². The average Bonchev–Trinajstić information content (AvgIpc) is 2.49. The van der Waals surface area contributed by atoms with Crippen LogP contribution in [0.4, 0.5) is 0 Å². The van der Waals surface area contributed by atoms with Crippen molar-refractivity contribution in [2.45, 2.75) is 26.5 Å². The van der Waals surface area contributed by atoms with Gasteiger partial charge in [0.2, 0.25) is 0 Å². The molecule has 0 radical (unpaired) electrons. The zero-order valence-electron chi connectivity index (χ0n) is 13.8. The number of carbonyl (C=O) groups is 1. The monoisotopic (exact) mass is 330 g/mol. The third-order valence-electron chi connectivity index (χ3n) is 3.44. The zero-order chi connectivity index (χ0) is 16.8. The lowest BCUT2D eigenvalue weighted by Crippen LogP contribution is -2.08. The summed E-state index contributed by atoms with van der Waals surface area (Å²) in [5.41, 5.74) is 4.21. The Kier molecular flexibility index (Phi) is 6.11. The number of Topliss-reactive ketones (excluding diaryl/α,β-unsaturated/α-hetero) is 1. The van der Waals surface area contributed by atoms with Crippen molar-refractivity contribution < 1.29 is 13.7 Å². The topological polar surface area (TPSA) is 43.4 Å². The molecule has 2 rings (SSSR count). The van der Waals surface area contributed by atoms with E-state index in [0.29, 0.717) is 12.4 Å². The number of ketones is 1. The van der Waals surface area contributed by atoms with Crippen LogP contribution >= 0.6 is 0 Å². The van der Waals surface area contributed by atoms with Gasteiger partial charge in [0.05, 0.1) is 12.4 Å². The maximum atomic E-state index is 11.9. The summed E-state index contributed by atoms with van der Waals surface area (Å²) in [7, 11) is -1.15. The molecule has 3 nitrogen and oxygen atoms in total. The van der Waals surface area contributed by atoms with Crippen molar-refractivity contribution in [3.8, 4) is 16.9 Å². The van der Waals surface area contributed by atoms with Gasteiger partial charge in [0.15, 0.2) is 0 Å². The van der Waals surface area contributed by atoms with E-state index in [1.54, 1.807) is 0 Å². The molecule has 122 valence electrons. The molecule has 2 aromatic carbocycles. The van der Waals surface area contributed by atoms with Crippen molar-refractivity contribution in [3.63, 3.8) is 0 Å². The van der Waals surface area contributed by atoms with Crippen molar-refractivity contribution >= 4 is 16.6 Å². The van der Waals surface area contributed by atoms with Crippen LogP contribution in [0.25, 0.3) is 11.1 Å².